The highest BCUT2D eigenvalue weighted by molar-refractivity contribution is 5.79. The molecular weight excluding hydrogens is 335 g/mol. The van der Waals surface area contributed by atoms with Gasteiger partial charge >= 0.3 is 0 Å². The number of hydrogen-bond donors (Lipinski definition) is 1. The fourth-order valence-corrected chi connectivity index (χ4v) is 3.32. The van der Waals surface area contributed by atoms with Crippen LogP contribution in [0.25, 0.3) is 0 Å². The molecule has 1 N–H and O–H groups in total. The number of aliphatic imine (C=N–C) groups is 1. The second-order valence-corrected chi connectivity index (χ2v) is 6.96. The fourth-order valence-electron chi connectivity index (χ4n) is 3.32. The van der Waals surface area contributed by atoms with E-state index in [2.05, 4.69) is 29.3 Å². The quantitative estimate of drug-likeness (QED) is 0.616. The molecule has 26 heavy (non-hydrogen) atoms. The standard InChI is InChI=1S/C19H31FN4O2/c1-21-18(22-14-19(23(2)3)8-10-26-11-9-19)24(4)13-15-6-7-17(25-5)16(20)12-15/h6-7,12H,8-11,13-14H2,1-5H3,(H,21,22). The maximum absolute atomic E-state index is 13.9. The van der Waals surface area contributed by atoms with E-state index in [0.29, 0.717) is 6.54 Å². The van der Waals surface area contributed by atoms with Gasteiger partial charge in [0.2, 0.25) is 0 Å². The summed E-state index contributed by atoms with van der Waals surface area (Å²) in [6.07, 6.45) is 1.97. The van der Waals surface area contributed by atoms with Crippen LogP contribution < -0.4 is 10.1 Å². The monoisotopic (exact) mass is 366 g/mol. The third kappa shape index (κ3) is 4.86. The summed E-state index contributed by atoms with van der Waals surface area (Å²) in [5.41, 5.74) is 0.920. The molecule has 1 fully saturated rings. The molecule has 1 aromatic carbocycles. The number of methoxy groups -OCH3 is 1. The Morgan fingerprint density at radius 1 is 1.31 bits per heavy atom. The lowest BCUT2D eigenvalue weighted by molar-refractivity contribution is -0.00522. The van der Waals surface area contributed by atoms with Crippen molar-refractivity contribution in [1.29, 1.82) is 0 Å². The summed E-state index contributed by atoms with van der Waals surface area (Å²) in [4.78, 5) is 8.64. The van der Waals surface area contributed by atoms with Crippen molar-refractivity contribution in [1.82, 2.24) is 15.1 Å². The Morgan fingerprint density at radius 2 is 2.00 bits per heavy atom. The zero-order chi connectivity index (χ0) is 19.2. The molecule has 0 aromatic heterocycles. The number of ether oxygens (including phenoxy) is 2. The van der Waals surface area contributed by atoms with E-state index in [-0.39, 0.29) is 17.1 Å². The Bertz CT molecular complexity index is 616. The normalized spacial score (nSPS) is 17.3. The largest absolute Gasteiger partial charge is 0.494 e. The van der Waals surface area contributed by atoms with Gasteiger partial charge in [-0.3, -0.25) is 4.99 Å². The molecular formula is C19H31FN4O2. The molecule has 7 heteroatoms. The van der Waals surface area contributed by atoms with E-state index in [1.165, 1.54) is 13.2 Å². The number of hydrogen-bond acceptors (Lipinski definition) is 4. The molecule has 0 unspecified atom stereocenters. The third-order valence-electron chi connectivity index (χ3n) is 5.16. The van der Waals surface area contributed by atoms with E-state index in [4.69, 9.17) is 9.47 Å². The Hall–Kier alpha value is -1.86. The molecule has 1 saturated heterocycles. The van der Waals surface area contributed by atoms with Crippen LogP contribution in [0.5, 0.6) is 5.75 Å². The van der Waals surface area contributed by atoms with Gasteiger partial charge in [0.15, 0.2) is 17.5 Å². The Balaban J connectivity index is 2.00. The second kappa shape index (κ2) is 9.19. The van der Waals surface area contributed by atoms with Gasteiger partial charge < -0.3 is 24.6 Å². The summed E-state index contributed by atoms with van der Waals surface area (Å²) in [7, 11) is 9.40. The van der Waals surface area contributed by atoms with Crippen LogP contribution in [0.3, 0.4) is 0 Å². The average molecular weight is 366 g/mol. The minimum absolute atomic E-state index is 0.0568. The van der Waals surface area contributed by atoms with Crippen LogP contribution in [0, 0.1) is 5.82 Å². The number of rotatable bonds is 6. The maximum Gasteiger partial charge on any atom is 0.193 e. The van der Waals surface area contributed by atoms with Crippen LogP contribution in [-0.2, 0) is 11.3 Å². The fraction of sp³-hybridized carbons (Fsp3) is 0.632. The molecule has 0 amide bonds. The number of nitrogens with one attached hydrogen (secondary N) is 1. The number of halogens is 1. The van der Waals surface area contributed by atoms with Gasteiger partial charge in [-0.25, -0.2) is 4.39 Å². The molecule has 6 nitrogen and oxygen atoms in total. The summed E-state index contributed by atoms with van der Waals surface area (Å²) in [6, 6.07) is 5.02. The van der Waals surface area contributed by atoms with Crippen LogP contribution in [-0.4, -0.2) is 76.4 Å². The van der Waals surface area contributed by atoms with Crippen molar-refractivity contribution in [3.05, 3.63) is 29.6 Å². The van der Waals surface area contributed by atoms with Crippen molar-refractivity contribution in [3.63, 3.8) is 0 Å². The molecule has 1 aromatic rings. The van der Waals surface area contributed by atoms with Crippen molar-refractivity contribution in [2.75, 3.05) is 55.1 Å². The zero-order valence-electron chi connectivity index (χ0n) is 16.5. The van der Waals surface area contributed by atoms with Gasteiger partial charge in [-0.2, -0.15) is 0 Å². The lowest BCUT2D eigenvalue weighted by atomic mass is 9.88. The Kier molecular flexibility index (Phi) is 7.23. The maximum atomic E-state index is 13.9. The molecule has 1 heterocycles. The minimum Gasteiger partial charge on any atom is -0.494 e. The van der Waals surface area contributed by atoms with Gasteiger partial charge in [0.05, 0.1) is 7.11 Å². The molecule has 0 spiro atoms. The third-order valence-corrected chi connectivity index (χ3v) is 5.16. The topological polar surface area (TPSA) is 49.3 Å². The van der Waals surface area contributed by atoms with Gasteiger partial charge in [-0.15, -0.1) is 0 Å². The van der Waals surface area contributed by atoms with E-state index < -0.39 is 0 Å². The first-order valence-corrected chi connectivity index (χ1v) is 8.91. The van der Waals surface area contributed by atoms with Crippen molar-refractivity contribution >= 4 is 5.96 Å². The molecule has 0 bridgehead atoms. The Morgan fingerprint density at radius 3 is 2.54 bits per heavy atom. The number of guanidine groups is 1. The van der Waals surface area contributed by atoms with Crippen LogP contribution >= 0.6 is 0 Å². The van der Waals surface area contributed by atoms with E-state index in [1.807, 2.05) is 18.0 Å². The first kappa shape index (κ1) is 20.5. The lowest BCUT2D eigenvalue weighted by Crippen LogP contribution is -2.57. The van der Waals surface area contributed by atoms with E-state index in [0.717, 1.165) is 44.1 Å². The Labute approximate surface area is 156 Å². The minimum atomic E-state index is -0.352. The zero-order valence-corrected chi connectivity index (χ0v) is 16.5. The highest BCUT2D eigenvalue weighted by atomic mass is 19.1. The molecule has 1 aliphatic heterocycles. The van der Waals surface area contributed by atoms with Crippen molar-refractivity contribution in [2.45, 2.75) is 24.9 Å². The van der Waals surface area contributed by atoms with Gasteiger partial charge in [0.25, 0.3) is 0 Å². The SMILES string of the molecule is CN=C(NCC1(N(C)C)CCOCC1)N(C)Cc1ccc(OC)c(F)c1. The molecule has 146 valence electrons. The van der Waals surface area contributed by atoms with Crippen LogP contribution in [0.4, 0.5) is 4.39 Å². The first-order valence-electron chi connectivity index (χ1n) is 8.91. The van der Waals surface area contributed by atoms with Gasteiger partial charge in [-0.05, 0) is 44.6 Å². The van der Waals surface area contributed by atoms with Crippen molar-refractivity contribution in [2.24, 2.45) is 4.99 Å². The smallest absolute Gasteiger partial charge is 0.193 e. The molecule has 0 radical (unpaired) electrons. The summed E-state index contributed by atoms with van der Waals surface area (Å²) < 4.78 is 24.4. The number of benzene rings is 1. The predicted octanol–water partition coefficient (Wildman–Crippen LogP) is 1.95. The summed E-state index contributed by atoms with van der Waals surface area (Å²) >= 11 is 0. The van der Waals surface area contributed by atoms with Crippen molar-refractivity contribution < 1.29 is 13.9 Å². The predicted molar refractivity (Wildman–Crippen MR) is 102 cm³/mol. The summed E-state index contributed by atoms with van der Waals surface area (Å²) in [5, 5.41) is 3.48. The molecule has 1 aliphatic rings. The highest BCUT2D eigenvalue weighted by Crippen LogP contribution is 2.25. The summed E-state index contributed by atoms with van der Waals surface area (Å²) in [5.74, 6) is 0.690. The van der Waals surface area contributed by atoms with E-state index in [9.17, 15) is 4.39 Å². The lowest BCUT2D eigenvalue weighted by Gasteiger charge is -2.43. The first-order chi connectivity index (χ1) is 12.4. The molecule has 0 aliphatic carbocycles. The van der Waals surface area contributed by atoms with Crippen LogP contribution in [0.2, 0.25) is 0 Å². The van der Waals surface area contributed by atoms with Gasteiger partial charge in [0, 0.05) is 45.9 Å². The average Bonchev–Trinajstić information content (AvgIpc) is 2.63. The van der Waals surface area contributed by atoms with E-state index in [1.54, 1.807) is 13.1 Å². The van der Waals surface area contributed by atoms with Crippen LogP contribution in [0.15, 0.2) is 23.2 Å². The van der Waals surface area contributed by atoms with Gasteiger partial charge in [0.1, 0.15) is 0 Å². The van der Waals surface area contributed by atoms with Gasteiger partial charge in [-0.1, -0.05) is 6.07 Å². The molecule has 2 rings (SSSR count). The van der Waals surface area contributed by atoms with E-state index >= 15 is 0 Å². The highest BCUT2D eigenvalue weighted by Gasteiger charge is 2.35. The molecule has 0 atom stereocenters. The van der Waals surface area contributed by atoms with Crippen molar-refractivity contribution in [3.8, 4) is 5.75 Å². The number of likely N-dealkylation sites (N-methyl/N-ethyl adjacent to an activating group) is 1. The van der Waals surface area contributed by atoms with Crippen LogP contribution in [0.1, 0.15) is 18.4 Å². The molecule has 0 saturated carbocycles. The second-order valence-electron chi connectivity index (χ2n) is 6.96. The number of nitrogens with zero attached hydrogens (tertiary/aromatic N) is 3. The summed E-state index contributed by atoms with van der Waals surface area (Å²) in [6.45, 7) is 2.90.